The van der Waals surface area contributed by atoms with Crippen molar-refractivity contribution in [3.8, 4) is 0 Å². The van der Waals surface area contributed by atoms with Crippen molar-refractivity contribution in [1.82, 2.24) is 10.2 Å². The number of ether oxygens (including phenoxy) is 2. The second-order valence-corrected chi connectivity index (χ2v) is 5.64. The monoisotopic (exact) mass is 286 g/mol. The fourth-order valence-electron chi connectivity index (χ4n) is 2.55. The average molecular weight is 286 g/mol. The number of piperidine rings is 1. The molecule has 2 atom stereocenters. The number of carboxylic acids is 1. The van der Waals surface area contributed by atoms with E-state index in [4.69, 9.17) is 9.47 Å². The summed E-state index contributed by atoms with van der Waals surface area (Å²) in [5.41, 5.74) is -0.847. The second-order valence-electron chi connectivity index (χ2n) is 5.64. The summed E-state index contributed by atoms with van der Waals surface area (Å²) in [7, 11) is 0. The Morgan fingerprint density at radius 1 is 1.45 bits per heavy atom. The molecule has 114 valence electrons. The van der Waals surface area contributed by atoms with Crippen LogP contribution >= 0.6 is 0 Å². The van der Waals surface area contributed by atoms with E-state index in [9.17, 15) is 14.7 Å². The average Bonchev–Trinajstić information content (AvgIpc) is 2.46. The van der Waals surface area contributed by atoms with E-state index in [1.165, 1.54) is 0 Å². The third kappa shape index (κ3) is 3.61. The van der Waals surface area contributed by atoms with Crippen molar-refractivity contribution in [1.29, 1.82) is 0 Å². The standard InChI is InChI=1S/C13H22N2O5/c1-13(11(16)17)3-2-4-15(9-13)12(18)14-7-10-8-19-5-6-20-10/h10H,2-9H2,1H3,(H,14,18)(H,16,17). The number of amides is 2. The molecule has 7 heteroatoms. The van der Waals surface area contributed by atoms with Crippen molar-refractivity contribution >= 4 is 12.0 Å². The van der Waals surface area contributed by atoms with Crippen molar-refractivity contribution in [2.24, 2.45) is 5.41 Å². The lowest BCUT2D eigenvalue weighted by Crippen LogP contribution is -2.53. The first-order chi connectivity index (χ1) is 9.51. The maximum atomic E-state index is 12.1. The molecule has 0 aromatic rings. The van der Waals surface area contributed by atoms with E-state index in [2.05, 4.69) is 5.32 Å². The van der Waals surface area contributed by atoms with Gasteiger partial charge in [0.25, 0.3) is 0 Å². The molecule has 2 aliphatic heterocycles. The number of carbonyl (C=O) groups is 2. The molecule has 0 spiro atoms. The van der Waals surface area contributed by atoms with Crippen molar-refractivity contribution in [2.75, 3.05) is 39.5 Å². The number of rotatable bonds is 3. The summed E-state index contributed by atoms with van der Waals surface area (Å²) in [6, 6.07) is -0.230. The molecular formula is C13H22N2O5. The molecule has 7 nitrogen and oxygen atoms in total. The van der Waals surface area contributed by atoms with Crippen LogP contribution in [-0.4, -0.2) is 67.6 Å². The number of hydrogen-bond donors (Lipinski definition) is 2. The first-order valence-electron chi connectivity index (χ1n) is 6.97. The van der Waals surface area contributed by atoms with Crippen molar-refractivity contribution < 1.29 is 24.2 Å². The van der Waals surface area contributed by atoms with E-state index in [-0.39, 0.29) is 18.7 Å². The van der Waals surface area contributed by atoms with Crippen LogP contribution in [0.1, 0.15) is 19.8 Å². The zero-order chi connectivity index (χ0) is 14.6. The summed E-state index contributed by atoms with van der Waals surface area (Å²) in [5.74, 6) is -0.848. The molecule has 2 heterocycles. The zero-order valence-electron chi connectivity index (χ0n) is 11.8. The fraction of sp³-hybridized carbons (Fsp3) is 0.846. The Morgan fingerprint density at radius 2 is 2.25 bits per heavy atom. The Morgan fingerprint density at radius 3 is 2.90 bits per heavy atom. The lowest BCUT2D eigenvalue weighted by Gasteiger charge is -2.37. The molecule has 2 N–H and O–H groups in total. The van der Waals surface area contributed by atoms with Gasteiger partial charge in [-0.15, -0.1) is 0 Å². The third-order valence-electron chi connectivity index (χ3n) is 3.87. The zero-order valence-corrected chi connectivity index (χ0v) is 11.8. The summed E-state index contributed by atoms with van der Waals surface area (Å²) in [6.07, 6.45) is 1.19. The topological polar surface area (TPSA) is 88.1 Å². The Hall–Kier alpha value is -1.34. The lowest BCUT2D eigenvalue weighted by molar-refractivity contribution is -0.150. The highest BCUT2D eigenvalue weighted by molar-refractivity contribution is 5.78. The third-order valence-corrected chi connectivity index (χ3v) is 3.87. The van der Waals surface area contributed by atoms with E-state index >= 15 is 0 Å². The Balaban J connectivity index is 1.81. The minimum atomic E-state index is -0.848. The molecule has 2 amide bonds. The lowest BCUT2D eigenvalue weighted by atomic mass is 9.82. The number of aliphatic carboxylic acids is 1. The normalized spacial score (nSPS) is 30.9. The maximum absolute atomic E-state index is 12.1. The molecular weight excluding hydrogens is 264 g/mol. The first-order valence-corrected chi connectivity index (χ1v) is 6.97. The predicted molar refractivity (Wildman–Crippen MR) is 70.5 cm³/mol. The summed E-state index contributed by atoms with van der Waals surface area (Å²) in [6.45, 7) is 4.53. The smallest absolute Gasteiger partial charge is 0.317 e. The van der Waals surface area contributed by atoms with E-state index in [0.29, 0.717) is 45.8 Å². The van der Waals surface area contributed by atoms with Gasteiger partial charge in [0.05, 0.1) is 31.3 Å². The van der Waals surface area contributed by atoms with Crippen molar-refractivity contribution in [3.05, 3.63) is 0 Å². The number of hydrogen-bond acceptors (Lipinski definition) is 4. The highest BCUT2D eigenvalue weighted by Gasteiger charge is 2.39. The Labute approximate surface area is 118 Å². The van der Waals surface area contributed by atoms with Crippen LogP contribution in [0.5, 0.6) is 0 Å². The van der Waals surface area contributed by atoms with Crippen LogP contribution < -0.4 is 5.32 Å². The SMILES string of the molecule is CC1(C(=O)O)CCCN(C(=O)NCC2COCCO2)C1. The number of urea groups is 1. The van der Waals surface area contributed by atoms with Gasteiger partial charge in [-0.05, 0) is 19.8 Å². The van der Waals surface area contributed by atoms with Gasteiger partial charge in [-0.2, -0.15) is 0 Å². The molecule has 2 fully saturated rings. The van der Waals surface area contributed by atoms with Crippen molar-refractivity contribution in [2.45, 2.75) is 25.9 Å². The molecule has 2 rings (SSSR count). The molecule has 0 aliphatic carbocycles. The first kappa shape index (κ1) is 15.1. The van der Waals surface area contributed by atoms with Gasteiger partial charge in [-0.25, -0.2) is 4.79 Å². The second kappa shape index (κ2) is 6.41. The number of carbonyl (C=O) groups excluding carboxylic acids is 1. The Bertz CT molecular complexity index is 370. The molecule has 2 saturated heterocycles. The minimum Gasteiger partial charge on any atom is -0.481 e. The maximum Gasteiger partial charge on any atom is 0.317 e. The Kier molecular flexibility index (Phi) is 4.82. The van der Waals surface area contributed by atoms with Crippen molar-refractivity contribution in [3.63, 3.8) is 0 Å². The van der Waals surface area contributed by atoms with Gasteiger partial charge in [0.1, 0.15) is 0 Å². The van der Waals surface area contributed by atoms with E-state index < -0.39 is 11.4 Å². The summed E-state index contributed by atoms with van der Waals surface area (Å²) in [5, 5.41) is 12.0. The van der Waals surface area contributed by atoms with Gasteiger partial charge in [-0.3, -0.25) is 4.79 Å². The van der Waals surface area contributed by atoms with Gasteiger partial charge in [0.15, 0.2) is 0 Å². The predicted octanol–water partition coefficient (Wildman–Crippen LogP) is 0.298. The highest BCUT2D eigenvalue weighted by atomic mass is 16.6. The largest absolute Gasteiger partial charge is 0.481 e. The molecule has 2 unspecified atom stereocenters. The molecule has 20 heavy (non-hydrogen) atoms. The van der Waals surface area contributed by atoms with Crippen LogP contribution in [0.25, 0.3) is 0 Å². The van der Waals surface area contributed by atoms with E-state index in [1.807, 2.05) is 0 Å². The van der Waals surface area contributed by atoms with Gasteiger partial charge in [0, 0.05) is 19.6 Å². The summed E-state index contributed by atoms with van der Waals surface area (Å²) >= 11 is 0. The van der Waals surface area contributed by atoms with Crippen LogP contribution in [0, 0.1) is 5.41 Å². The van der Waals surface area contributed by atoms with Gasteiger partial charge in [-0.1, -0.05) is 0 Å². The number of nitrogens with zero attached hydrogens (tertiary/aromatic N) is 1. The molecule has 0 radical (unpaired) electrons. The molecule has 2 aliphatic rings. The van der Waals surface area contributed by atoms with Crippen LogP contribution in [0.15, 0.2) is 0 Å². The molecule has 0 aromatic carbocycles. The van der Waals surface area contributed by atoms with Crippen LogP contribution in [0.4, 0.5) is 4.79 Å². The van der Waals surface area contributed by atoms with E-state index in [1.54, 1.807) is 11.8 Å². The molecule has 0 saturated carbocycles. The van der Waals surface area contributed by atoms with E-state index in [0.717, 1.165) is 0 Å². The molecule has 0 aromatic heterocycles. The number of likely N-dealkylation sites (tertiary alicyclic amines) is 1. The van der Waals surface area contributed by atoms with Gasteiger partial charge >= 0.3 is 12.0 Å². The van der Waals surface area contributed by atoms with Crippen LogP contribution in [0.3, 0.4) is 0 Å². The summed E-state index contributed by atoms with van der Waals surface area (Å²) < 4.78 is 10.7. The van der Waals surface area contributed by atoms with Crippen LogP contribution in [-0.2, 0) is 14.3 Å². The van der Waals surface area contributed by atoms with Gasteiger partial charge in [0.2, 0.25) is 0 Å². The number of nitrogens with one attached hydrogen (secondary N) is 1. The summed E-state index contributed by atoms with van der Waals surface area (Å²) in [4.78, 5) is 24.9. The quantitative estimate of drug-likeness (QED) is 0.779. The fourth-order valence-corrected chi connectivity index (χ4v) is 2.55. The number of carboxylic acid groups (broad SMARTS) is 1. The van der Waals surface area contributed by atoms with Gasteiger partial charge < -0.3 is 24.8 Å². The highest BCUT2D eigenvalue weighted by Crippen LogP contribution is 2.29. The van der Waals surface area contributed by atoms with Crippen LogP contribution in [0.2, 0.25) is 0 Å². The minimum absolute atomic E-state index is 0.122. The molecule has 0 bridgehead atoms.